The van der Waals surface area contributed by atoms with Crippen LogP contribution in [-0.2, 0) is 12.8 Å². The normalized spacial score (nSPS) is 11.8. The Labute approximate surface area is 210 Å². The lowest BCUT2D eigenvalue weighted by atomic mass is 9.95. The SMILES string of the molecule is CCCCc1ccc(N=C(C)C=Nc2ccc(CC)c(-c3ccccc3)c2)cc1-c1ccccc1. The van der Waals surface area contributed by atoms with Crippen molar-refractivity contribution in [1.29, 1.82) is 0 Å². The van der Waals surface area contributed by atoms with Crippen LogP contribution in [0, 0.1) is 0 Å². The Morgan fingerprint density at radius 3 is 1.89 bits per heavy atom. The highest BCUT2D eigenvalue weighted by atomic mass is 14.8. The van der Waals surface area contributed by atoms with E-state index in [4.69, 9.17) is 9.98 Å². The monoisotopic (exact) mass is 458 g/mol. The summed E-state index contributed by atoms with van der Waals surface area (Å²) in [4.78, 5) is 9.61. The molecule has 0 aromatic heterocycles. The maximum absolute atomic E-state index is 4.86. The molecule has 2 nitrogen and oxygen atoms in total. The zero-order chi connectivity index (χ0) is 24.5. The molecule has 4 aromatic carbocycles. The number of hydrogen-bond donors (Lipinski definition) is 0. The van der Waals surface area contributed by atoms with E-state index in [9.17, 15) is 0 Å². The van der Waals surface area contributed by atoms with E-state index in [-0.39, 0.29) is 0 Å². The Bertz CT molecular complexity index is 1300. The molecule has 0 atom stereocenters. The van der Waals surface area contributed by atoms with E-state index in [0.29, 0.717) is 0 Å². The standard InChI is InChI=1S/C33H34N2/c1-4-6-13-29-19-21-31(23-33(29)28-16-11-8-12-17-28)35-25(3)24-34-30-20-18-26(5-2)32(22-30)27-14-9-7-10-15-27/h7-12,14-24H,4-6,13H2,1-3H3. The third-order valence-corrected chi connectivity index (χ3v) is 6.24. The lowest BCUT2D eigenvalue weighted by molar-refractivity contribution is 0.796. The molecule has 2 heteroatoms. The average molecular weight is 459 g/mol. The van der Waals surface area contributed by atoms with Gasteiger partial charge in [-0.15, -0.1) is 0 Å². The third kappa shape index (κ3) is 6.42. The van der Waals surface area contributed by atoms with E-state index in [1.807, 2.05) is 13.1 Å². The summed E-state index contributed by atoms with van der Waals surface area (Å²) in [6, 6.07) is 34.2. The molecule has 0 radical (unpaired) electrons. The average Bonchev–Trinajstić information content (AvgIpc) is 2.92. The van der Waals surface area contributed by atoms with Gasteiger partial charge in [-0.25, -0.2) is 0 Å². The number of unbranched alkanes of at least 4 members (excludes halogenated alkanes) is 1. The number of nitrogens with zero attached hydrogens (tertiary/aromatic N) is 2. The first-order chi connectivity index (χ1) is 17.2. The summed E-state index contributed by atoms with van der Waals surface area (Å²) in [7, 11) is 0. The lowest BCUT2D eigenvalue weighted by Crippen LogP contribution is -1.93. The number of rotatable bonds is 9. The van der Waals surface area contributed by atoms with Gasteiger partial charge in [0.25, 0.3) is 0 Å². The molecule has 0 N–H and O–H groups in total. The highest BCUT2D eigenvalue weighted by molar-refractivity contribution is 6.30. The predicted octanol–water partition coefficient (Wildman–Crippen LogP) is 9.42. The van der Waals surface area contributed by atoms with Crippen molar-refractivity contribution in [2.75, 3.05) is 0 Å². The van der Waals surface area contributed by atoms with E-state index >= 15 is 0 Å². The van der Waals surface area contributed by atoms with Gasteiger partial charge in [0, 0.05) is 6.21 Å². The summed E-state index contributed by atoms with van der Waals surface area (Å²) in [5.41, 5.74) is 10.5. The summed E-state index contributed by atoms with van der Waals surface area (Å²) in [6.45, 7) is 6.44. The number of benzene rings is 4. The Morgan fingerprint density at radius 1 is 0.686 bits per heavy atom. The van der Waals surface area contributed by atoms with Crippen molar-refractivity contribution in [3.63, 3.8) is 0 Å². The van der Waals surface area contributed by atoms with Gasteiger partial charge in [0.05, 0.1) is 17.1 Å². The van der Waals surface area contributed by atoms with Gasteiger partial charge in [-0.05, 0) is 83.8 Å². The second-order valence-corrected chi connectivity index (χ2v) is 8.88. The van der Waals surface area contributed by atoms with E-state index in [2.05, 4.69) is 111 Å². The van der Waals surface area contributed by atoms with E-state index < -0.39 is 0 Å². The molecule has 0 fully saturated rings. The molecule has 0 saturated heterocycles. The number of aryl methyl sites for hydroxylation is 2. The molecule has 0 unspecified atom stereocenters. The Balaban J connectivity index is 1.60. The van der Waals surface area contributed by atoms with Crippen LogP contribution in [-0.4, -0.2) is 11.9 Å². The molecule has 0 aliphatic carbocycles. The molecule has 0 bridgehead atoms. The van der Waals surface area contributed by atoms with Gasteiger partial charge in [-0.2, -0.15) is 0 Å². The van der Waals surface area contributed by atoms with E-state index in [1.54, 1.807) is 0 Å². The fraction of sp³-hybridized carbons (Fsp3) is 0.212. The van der Waals surface area contributed by atoms with Gasteiger partial charge >= 0.3 is 0 Å². The Morgan fingerprint density at radius 2 is 1.26 bits per heavy atom. The van der Waals surface area contributed by atoms with Gasteiger partial charge in [0.1, 0.15) is 0 Å². The van der Waals surface area contributed by atoms with Crippen LogP contribution < -0.4 is 0 Å². The molecule has 0 spiro atoms. The highest BCUT2D eigenvalue weighted by Crippen LogP contribution is 2.30. The molecule has 35 heavy (non-hydrogen) atoms. The van der Waals surface area contributed by atoms with Crippen LogP contribution >= 0.6 is 0 Å². The molecular weight excluding hydrogens is 424 g/mol. The van der Waals surface area contributed by atoms with Crippen molar-refractivity contribution < 1.29 is 0 Å². The van der Waals surface area contributed by atoms with Crippen LogP contribution in [0.4, 0.5) is 11.4 Å². The van der Waals surface area contributed by atoms with Crippen molar-refractivity contribution >= 4 is 23.3 Å². The van der Waals surface area contributed by atoms with Gasteiger partial charge in [-0.3, -0.25) is 9.98 Å². The smallest absolute Gasteiger partial charge is 0.0639 e. The molecule has 0 heterocycles. The van der Waals surface area contributed by atoms with Crippen LogP contribution in [0.5, 0.6) is 0 Å². The first kappa shape index (κ1) is 24.3. The lowest BCUT2D eigenvalue weighted by Gasteiger charge is -2.11. The fourth-order valence-corrected chi connectivity index (χ4v) is 4.35. The maximum Gasteiger partial charge on any atom is 0.0639 e. The minimum Gasteiger partial charge on any atom is -0.255 e. The van der Waals surface area contributed by atoms with Crippen molar-refractivity contribution in [2.45, 2.75) is 46.5 Å². The molecule has 0 aliphatic rings. The van der Waals surface area contributed by atoms with Gasteiger partial charge in [-0.1, -0.05) is 93.1 Å². The predicted molar refractivity (Wildman–Crippen MR) is 153 cm³/mol. The summed E-state index contributed by atoms with van der Waals surface area (Å²) in [6.07, 6.45) is 6.32. The number of aliphatic imine (C=N–C) groups is 2. The first-order valence-electron chi connectivity index (χ1n) is 12.6. The van der Waals surface area contributed by atoms with E-state index in [0.717, 1.165) is 29.9 Å². The van der Waals surface area contributed by atoms with Gasteiger partial charge < -0.3 is 0 Å². The molecule has 4 aromatic rings. The second kappa shape index (κ2) is 12.1. The van der Waals surface area contributed by atoms with Crippen LogP contribution in [0.3, 0.4) is 0 Å². The molecule has 176 valence electrons. The van der Waals surface area contributed by atoms with Gasteiger partial charge in [0.2, 0.25) is 0 Å². The molecule has 4 rings (SSSR count). The van der Waals surface area contributed by atoms with Gasteiger partial charge in [0.15, 0.2) is 0 Å². The Kier molecular flexibility index (Phi) is 8.40. The minimum atomic E-state index is 0.881. The van der Waals surface area contributed by atoms with Crippen LogP contribution in [0.25, 0.3) is 22.3 Å². The molecule has 0 amide bonds. The highest BCUT2D eigenvalue weighted by Gasteiger charge is 2.07. The quantitative estimate of drug-likeness (QED) is 0.223. The fourth-order valence-electron chi connectivity index (χ4n) is 4.35. The minimum absolute atomic E-state index is 0.881. The molecular formula is C33H34N2. The largest absolute Gasteiger partial charge is 0.255 e. The van der Waals surface area contributed by atoms with E-state index in [1.165, 1.54) is 46.2 Å². The van der Waals surface area contributed by atoms with Crippen LogP contribution in [0.2, 0.25) is 0 Å². The topological polar surface area (TPSA) is 24.7 Å². The van der Waals surface area contributed by atoms with Crippen molar-refractivity contribution in [3.05, 3.63) is 108 Å². The molecule has 0 saturated carbocycles. The maximum atomic E-state index is 4.86. The molecule has 0 aliphatic heterocycles. The first-order valence-corrected chi connectivity index (χ1v) is 12.6. The summed E-state index contributed by atoms with van der Waals surface area (Å²) >= 11 is 0. The summed E-state index contributed by atoms with van der Waals surface area (Å²) in [5, 5.41) is 0. The summed E-state index contributed by atoms with van der Waals surface area (Å²) in [5.74, 6) is 0. The van der Waals surface area contributed by atoms with Crippen molar-refractivity contribution in [2.24, 2.45) is 9.98 Å². The van der Waals surface area contributed by atoms with Crippen LogP contribution in [0.1, 0.15) is 44.7 Å². The van der Waals surface area contributed by atoms with Crippen LogP contribution in [0.15, 0.2) is 107 Å². The zero-order valence-electron chi connectivity index (χ0n) is 21.0. The summed E-state index contributed by atoms with van der Waals surface area (Å²) < 4.78 is 0. The zero-order valence-corrected chi connectivity index (χ0v) is 21.0. The second-order valence-electron chi connectivity index (χ2n) is 8.88. The van der Waals surface area contributed by atoms with Crippen molar-refractivity contribution in [1.82, 2.24) is 0 Å². The Hall–Kier alpha value is -3.78. The van der Waals surface area contributed by atoms with Crippen molar-refractivity contribution in [3.8, 4) is 22.3 Å². The third-order valence-electron chi connectivity index (χ3n) is 6.24. The number of hydrogen-bond acceptors (Lipinski definition) is 2.